The van der Waals surface area contributed by atoms with Crippen molar-refractivity contribution in [3.05, 3.63) is 40.0 Å². The number of allylic oxidation sites excluding steroid dienone is 1. The molecule has 2 aromatic rings. The Kier molecular flexibility index (Phi) is 3.99. The van der Waals surface area contributed by atoms with Gasteiger partial charge in [0.05, 0.1) is 5.69 Å². The van der Waals surface area contributed by atoms with Gasteiger partial charge in [0.2, 0.25) is 5.82 Å². The summed E-state index contributed by atoms with van der Waals surface area (Å²) in [6.45, 7) is 0. The number of aromatic nitrogens is 4. The molecule has 0 spiro atoms. The Hall–Kier alpha value is -2.41. The van der Waals surface area contributed by atoms with Gasteiger partial charge in [-0.15, -0.1) is 10.2 Å². The average Bonchev–Trinajstić information content (AvgIpc) is 2.94. The topological polar surface area (TPSA) is 90.3 Å². The van der Waals surface area contributed by atoms with Crippen LogP contribution in [0.15, 0.2) is 16.7 Å². The fourth-order valence-electron chi connectivity index (χ4n) is 1.27. The number of benzene rings is 1. The van der Waals surface area contributed by atoms with Gasteiger partial charge in [-0.25, -0.2) is 13.2 Å². The zero-order valence-corrected chi connectivity index (χ0v) is 11.0. The van der Waals surface area contributed by atoms with Gasteiger partial charge in [0.1, 0.15) is 11.6 Å². The highest BCUT2D eigenvalue weighted by molar-refractivity contribution is 9.10. The van der Waals surface area contributed by atoms with Crippen molar-refractivity contribution in [2.45, 2.75) is 0 Å². The molecule has 0 aliphatic rings. The molecule has 0 fully saturated rings. The van der Waals surface area contributed by atoms with E-state index in [9.17, 15) is 13.2 Å². The van der Waals surface area contributed by atoms with Gasteiger partial charge in [-0.3, -0.25) is 0 Å². The monoisotopic (exact) mass is 344 g/mol. The fraction of sp³-hybridized carbons (Fsp3) is 0. The van der Waals surface area contributed by atoms with Crippen molar-refractivity contribution in [2.24, 2.45) is 0 Å². The van der Waals surface area contributed by atoms with E-state index in [4.69, 9.17) is 5.26 Å². The van der Waals surface area contributed by atoms with Gasteiger partial charge in [-0.05, 0) is 27.2 Å². The normalized spacial score (nSPS) is 11.2. The van der Waals surface area contributed by atoms with Crippen LogP contribution in [0.2, 0.25) is 0 Å². The van der Waals surface area contributed by atoms with Crippen LogP contribution in [0.4, 0.5) is 18.9 Å². The van der Waals surface area contributed by atoms with Crippen molar-refractivity contribution in [3.8, 4) is 6.07 Å². The summed E-state index contributed by atoms with van der Waals surface area (Å²) in [5, 5.41) is 23.8. The quantitative estimate of drug-likeness (QED) is 0.506. The Morgan fingerprint density at radius 2 is 2.15 bits per heavy atom. The van der Waals surface area contributed by atoms with Gasteiger partial charge >= 0.3 is 0 Å². The number of aromatic amines is 1. The standard InChI is InChI=1S/C10H4BrF3N6/c11-5-1-6(12)7(13)8(14)9(5)16-3-4(2-15)10-17-19-20-18-10/h1,3,16H,(H,17,18,19,20). The Bertz CT molecular complexity index is 707. The van der Waals surface area contributed by atoms with Gasteiger partial charge in [0.15, 0.2) is 17.5 Å². The van der Waals surface area contributed by atoms with Crippen LogP contribution in [-0.2, 0) is 0 Å². The maximum atomic E-state index is 13.6. The summed E-state index contributed by atoms with van der Waals surface area (Å²) in [7, 11) is 0. The van der Waals surface area contributed by atoms with Gasteiger partial charge in [0.25, 0.3) is 0 Å². The SMILES string of the molecule is N#CC(=CNc1c(Br)cc(F)c(F)c1F)c1nn[nH]n1. The lowest BCUT2D eigenvalue weighted by atomic mass is 10.2. The van der Waals surface area contributed by atoms with Crippen molar-refractivity contribution in [1.82, 2.24) is 20.6 Å². The van der Waals surface area contributed by atoms with Gasteiger partial charge in [-0.2, -0.15) is 10.5 Å². The predicted molar refractivity (Wildman–Crippen MR) is 65.4 cm³/mol. The molecule has 10 heteroatoms. The molecule has 0 radical (unpaired) electrons. The number of nitriles is 1. The summed E-state index contributed by atoms with van der Waals surface area (Å²) in [4.78, 5) is 0. The Morgan fingerprint density at radius 3 is 2.75 bits per heavy atom. The Morgan fingerprint density at radius 1 is 1.40 bits per heavy atom. The van der Waals surface area contributed by atoms with Crippen LogP contribution in [0.3, 0.4) is 0 Å². The molecule has 0 saturated carbocycles. The average molecular weight is 345 g/mol. The second-order valence-corrected chi connectivity index (χ2v) is 4.25. The summed E-state index contributed by atoms with van der Waals surface area (Å²) in [5.74, 6) is -4.40. The minimum Gasteiger partial charge on any atom is -0.357 e. The van der Waals surface area contributed by atoms with Crippen LogP contribution in [0.5, 0.6) is 0 Å². The van der Waals surface area contributed by atoms with E-state index in [1.165, 1.54) is 0 Å². The Balaban J connectivity index is 2.36. The highest BCUT2D eigenvalue weighted by Crippen LogP contribution is 2.29. The van der Waals surface area contributed by atoms with Crippen LogP contribution in [0, 0.1) is 28.8 Å². The van der Waals surface area contributed by atoms with Crippen LogP contribution in [0.25, 0.3) is 5.57 Å². The zero-order valence-electron chi connectivity index (χ0n) is 9.46. The highest BCUT2D eigenvalue weighted by Gasteiger charge is 2.17. The molecule has 1 heterocycles. The molecular formula is C10H4BrF3N6. The van der Waals surface area contributed by atoms with E-state index in [-0.39, 0.29) is 21.6 Å². The molecule has 1 aromatic carbocycles. The maximum Gasteiger partial charge on any atom is 0.216 e. The second-order valence-electron chi connectivity index (χ2n) is 3.39. The maximum absolute atomic E-state index is 13.6. The van der Waals surface area contributed by atoms with Crippen molar-refractivity contribution < 1.29 is 13.2 Å². The number of hydrogen-bond donors (Lipinski definition) is 2. The summed E-state index contributed by atoms with van der Waals surface area (Å²) in [5.41, 5.74) is -0.435. The molecule has 0 aliphatic carbocycles. The third-order valence-corrected chi connectivity index (χ3v) is 2.81. The summed E-state index contributed by atoms with van der Waals surface area (Å²) < 4.78 is 39.6. The lowest BCUT2D eigenvalue weighted by molar-refractivity contribution is 0.448. The molecule has 0 atom stereocenters. The first-order valence-corrected chi connectivity index (χ1v) is 5.77. The molecule has 1 aromatic heterocycles. The smallest absolute Gasteiger partial charge is 0.216 e. The van der Waals surface area contributed by atoms with E-state index in [2.05, 4.69) is 41.9 Å². The first-order valence-electron chi connectivity index (χ1n) is 4.98. The molecule has 0 saturated heterocycles. The molecule has 2 N–H and O–H groups in total. The highest BCUT2D eigenvalue weighted by atomic mass is 79.9. The molecule has 0 bridgehead atoms. The summed E-state index contributed by atoms with van der Waals surface area (Å²) >= 11 is 2.88. The second kappa shape index (κ2) is 5.70. The first-order chi connectivity index (χ1) is 9.54. The van der Waals surface area contributed by atoms with Crippen LogP contribution in [0.1, 0.15) is 5.82 Å². The van der Waals surface area contributed by atoms with Gasteiger partial charge in [-0.1, -0.05) is 0 Å². The minimum absolute atomic E-state index is 0.0286. The number of nitrogens with one attached hydrogen (secondary N) is 2. The van der Waals surface area contributed by atoms with E-state index in [1.54, 1.807) is 6.07 Å². The molecule has 102 valence electrons. The van der Waals surface area contributed by atoms with E-state index in [0.29, 0.717) is 0 Å². The number of nitrogens with zero attached hydrogens (tertiary/aromatic N) is 4. The molecular weight excluding hydrogens is 341 g/mol. The van der Waals surface area contributed by atoms with E-state index in [0.717, 1.165) is 12.3 Å². The third-order valence-electron chi connectivity index (χ3n) is 2.18. The predicted octanol–water partition coefficient (Wildman–Crippen LogP) is 2.36. The van der Waals surface area contributed by atoms with E-state index >= 15 is 0 Å². The molecule has 6 nitrogen and oxygen atoms in total. The van der Waals surface area contributed by atoms with Crippen molar-refractivity contribution in [2.75, 3.05) is 5.32 Å². The third kappa shape index (κ3) is 2.62. The van der Waals surface area contributed by atoms with Crippen LogP contribution < -0.4 is 5.32 Å². The zero-order chi connectivity index (χ0) is 14.7. The molecule has 20 heavy (non-hydrogen) atoms. The summed E-state index contributed by atoms with van der Waals surface area (Å²) in [6, 6.07) is 2.51. The molecule has 0 aliphatic heterocycles. The lowest BCUT2D eigenvalue weighted by Crippen LogP contribution is -2.01. The Labute approximate surface area is 118 Å². The van der Waals surface area contributed by atoms with Gasteiger partial charge in [0, 0.05) is 10.7 Å². The minimum atomic E-state index is -1.62. The van der Waals surface area contributed by atoms with Crippen molar-refractivity contribution in [1.29, 1.82) is 5.26 Å². The number of tetrazole rings is 1. The number of halogens is 4. The van der Waals surface area contributed by atoms with Crippen LogP contribution in [-0.4, -0.2) is 20.6 Å². The summed E-state index contributed by atoms with van der Waals surface area (Å²) in [6.07, 6.45) is 1.05. The molecule has 0 amide bonds. The van der Waals surface area contributed by atoms with Crippen molar-refractivity contribution in [3.63, 3.8) is 0 Å². The number of H-pyrrole nitrogens is 1. The van der Waals surface area contributed by atoms with E-state index in [1.807, 2.05) is 0 Å². The molecule has 2 rings (SSSR count). The number of rotatable bonds is 3. The fourth-order valence-corrected chi connectivity index (χ4v) is 1.76. The lowest BCUT2D eigenvalue weighted by Gasteiger charge is -2.07. The number of anilines is 1. The largest absolute Gasteiger partial charge is 0.357 e. The van der Waals surface area contributed by atoms with Gasteiger partial charge < -0.3 is 5.32 Å². The number of hydrogen-bond acceptors (Lipinski definition) is 5. The molecule has 0 unspecified atom stereocenters. The van der Waals surface area contributed by atoms with Crippen LogP contribution >= 0.6 is 15.9 Å². The first kappa shape index (κ1) is 14.0. The van der Waals surface area contributed by atoms with Crippen molar-refractivity contribution >= 4 is 27.2 Å². The van der Waals surface area contributed by atoms with E-state index < -0.39 is 17.5 Å².